The van der Waals surface area contributed by atoms with Gasteiger partial charge in [0.1, 0.15) is 0 Å². The van der Waals surface area contributed by atoms with Crippen LogP contribution >= 0.6 is 0 Å². The predicted octanol–water partition coefficient (Wildman–Crippen LogP) is 3.84. The Bertz CT molecular complexity index is 291. The van der Waals surface area contributed by atoms with Gasteiger partial charge in [0.15, 0.2) is 0 Å². The van der Waals surface area contributed by atoms with E-state index in [1.165, 1.54) is 51.4 Å². The summed E-state index contributed by atoms with van der Waals surface area (Å²) in [5.74, 6) is 1.91. The minimum atomic E-state index is 0.687. The van der Waals surface area contributed by atoms with Gasteiger partial charge in [0.05, 0.1) is 13.2 Å². The molecule has 19 heavy (non-hydrogen) atoms. The van der Waals surface area contributed by atoms with Gasteiger partial charge < -0.3 is 4.74 Å². The minimum Gasteiger partial charge on any atom is -0.378 e. The maximum Gasteiger partial charge on any atom is 0.0625 e. The van der Waals surface area contributed by atoms with Crippen LogP contribution in [0.5, 0.6) is 0 Å². The Morgan fingerprint density at radius 1 is 0.947 bits per heavy atom. The maximum atomic E-state index is 5.93. The topological polar surface area (TPSA) is 12.5 Å². The Morgan fingerprint density at radius 2 is 1.68 bits per heavy atom. The second-order valence-corrected chi connectivity index (χ2v) is 7.30. The summed E-state index contributed by atoms with van der Waals surface area (Å²) < 4.78 is 5.93. The van der Waals surface area contributed by atoms with Gasteiger partial charge in [-0.15, -0.1) is 0 Å². The molecule has 0 aromatic rings. The van der Waals surface area contributed by atoms with Gasteiger partial charge >= 0.3 is 0 Å². The van der Waals surface area contributed by atoms with E-state index in [-0.39, 0.29) is 0 Å². The molecular formula is C17H31NO. The third-order valence-electron chi connectivity index (χ3n) is 5.79. The first-order valence-corrected chi connectivity index (χ1v) is 8.62. The second kappa shape index (κ2) is 6.13. The smallest absolute Gasteiger partial charge is 0.0625 e. The fourth-order valence-corrected chi connectivity index (χ4v) is 5.02. The van der Waals surface area contributed by atoms with E-state index in [0.717, 1.165) is 31.1 Å². The molecule has 0 N–H and O–H groups in total. The molecule has 2 aliphatic heterocycles. The normalized spacial score (nSPS) is 41.2. The van der Waals surface area contributed by atoms with Gasteiger partial charge in [-0.25, -0.2) is 0 Å². The molecule has 4 atom stereocenters. The lowest BCUT2D eigenvalue weighted by Gasteiger charge is -2.54. The van der Waals surface area contributed by atoms with Crippen molar-refractivity contribution in [2.45, 2.75) is 83.3 Å². The number of rotatable bonds is 1. The van der Waals surface area contributed by atoms with Crippen LogP contribution in [0.25, 0.3) is 0 Å². The summed E-state index contributed by atoms with van der Waals surface area (Å²) in [7, 11) is 0. The molecule has 3 rings (SSSR count). The molecule has 0 aromatic heterocycles. The molecule has 0 radical (unpaired) electrons. The first-order valence-electron chi connectivity index (χ1n) is 8.62. The fraction of sp³-hybridized carbons (Fsp3) is 1.00. The fourth-order valence-electron chi connectivity index (χ4n) is 5.02. The van der Waals surface area contributed by atoms with Crippen LogP contribution in [0.2, 0.25) is 0 Å². The Morgan fingerprint density at radius 3 is 2.47 bits per heavy atom. The number of nitrogens with zero attached hydrogens (tertiary/aromatic N) is 1. The molecular weight excluding hydrogens is 234 g/mol. The highest BCUT2D eigenvalue weighted by Gasteiger charge is 2.45. The van der Waals surface area contributed by atoms with E-state index in [9.17, 15) is 0 Å². The summed E-state index contributed by atoms with van der Waals surface area (Å²) in [6.45, 7) is 6.73. The van der Waals surface area contributed by atoms with Crippen LogP contribution in [-0.2, 0) is 4.74 Å². The molecule has 2 heteroatoms. The predicted molar refractivity (Wildman–Crippen MR) is 79.3 cm³/mol. The Labute approximate surface area is 118 Å². The van der Waals surface area contributed by atoms with Crippen molar-refractivity contribution in [1.82, 2.24) is 4.90 Å². The first kappa shape index (κ1) is 13.9. The number of morpholine rings is 1. The third-order valence-corrected chi connectivity index (χ3v) is 5.79. The number of hydrogen-bond donors (Lipinski definition) is 0. The van der Waals surface area contributed by atoms with Gasteiger partial charge in [0.2, 0.25) is 0 Å². The molecule has 110 valence electrons. The van der Waals surface area contributed by atoms with Gasteiger partial charge in [0, 0.05) is 18.1 Å². The molecule has 2 nitrogen and oxygen atoms in total. The molecule has 0 amide bonds. The van der Waals surface area contributed by atoms with E-state index in [4.69, 9.17) is 4.74 Å². The first-order chi connectivity index (χ1) is 9.27. The molecule has 3 fully saturated rings. The van der Waals surface area contributed by atoms with Gasteiger partial charge in [-0.2, -0.15) is 0 Å². The largest absolute Gasteiger partial charge is 0.378 e. The molecule has 2 heterocycles. The van der Waals surface area contributed by atoms with Crippen molar-refractivity contribution < 1.29 is 4.74 Å². The van der Waals surface area contributed by atoms with Crippen molar-refractivity contribution in [3.05, 3.63) is 0 Å². The summed E-state index contributed by atoms with van der Waals surface area (Å²) in [6, 6.07) is 2.11. The summed E-state index contributed by atoms with van der Waals surface area (Å²) >= 11 is 0. The molecule has 4 unspecified atom stereocenters. The molecule has 2 saturated heterocycles. The Kier molecular flexibility index (Phi) is 4.48. The molecule has 0 spiro atoms. The van der Waals surface area contributed by atoms with E-state index in [1.54, 1.807) is 0 Å². The lowest BCUT2D eigenvalue weighted by atomic mass is 9.71. The van der Waals surface area contributed by atoms with Gasteiger partial charge in [-0.3, -0.25) is 4.90 Å². The zero-order chi connectivity index (χ0) is 13.2. The lowest BCUT2D eigenvalue weighted by molar-refractivity contribution is -0.131. The second-order valence-electron chi connectivity index (χ2n) is 7.30. The zero-order valence-electron chi connectivity index (χ0n) is 12.8. The number of piperidine rings is 1. The molecule has 2 bridgehead atoms. The molecule has 3 aliphatic rings. The highest BCUT2D eigenvalue weighted by Crippen LogP contribution is 2.42. The van der Waals surface area contributed by atoms with Crippen LogP contribution in [0, 0.1) is 11.8 Å². The van der Waals surface area contributed by atoms with Crippen LogP contribution in [-0.4, -0.2) is 36.2 Å². The molecule has 0 aromatic carbocycles. The Balaban J connectivity index is 1.78. The van der Waals surface area contributed by atoms with Crippen molar-refractivity contribution in [3.8, 4) is 0 Å². The van der Waals surface area contributed by atoms with Crippen LogP contribution in [0.15, 0.2) is 0 Å². The molecule has 1 aliphatic carbocycles. The maximum absolute atomic E-state index is 5.93. The van der Waals surface area contributed by atoms with Gasteiger partial charge in [0.25, 0.3) is 0 Å². The minimum absolute atomic E-state index is 0.687. The van der Waals surface area contributed by atoms with Crippen molar-refractivity contribution in [1.29, 1.82) is 0 Å². The summed E-state index contributed by atoms with van der Waals surface area (Å²) in [6.07, 6.45) is 11.7. The summed E-state index contributed by atoms with van der Waals surface area (Å²) in [4.78, 5) is 2.81. The number of ether oxygens (including phenoxy) is 1. The Hall–Kier alpha value is -0.0800. The monoisotopic (exact) mass is 265 g/mol. The lowest BCUT2D eigenvalue weighted by Crippen LogP contribution is -2.63. The van der Waals surface area contributed by atoms with E-state index in [2.05, 4.69) is 18.7 Å². The highest BCUT2D eigenvalue weighted by molar-refractivity contribution is 4.98. The summed E-state index contributed by atoms with van der Waals surface area (Å²) in [5, 5.41) is 0. The van der Waals surface area contributed by atoms with Gasteiger partial charge in [-0.1, -0.05) is 38.5 Å². The quantitative estimate of drug-likeness (QED) is 0.714. The van der Waals surface area contributed by atoms with Crippen molar-refractivity contribution >= 4 is 0 Å². The number of fused-ring (bicyclic) bond motifs is 4. The SMILES string of the molecule is CC(C)N1C2COCC1C1CCCCCCCC1C2. The van der Waals surface area contributed by atoms with Crippen molar-refractivity contribution in [2.24, 2.45) is 11.8 Å². The average molecular weight is 265 g/mol. The van der Waals surface area contributed by atoms with Crippen molar-refractivity contribution in [2.75, 3.05) is 13.2 Å². The van der Waals surface area contributed by atoms with Crippen LogP contribution < -0.4 is 0 Å². The van der Waals surface area contributed by atoms with E-state index >= 15 is 0 Å². The van der Waals surface area contributed by atoms with Crippen LogP contribution in [0.4, 0.5) is 0 Å². The van der Waals surface area contributed by atoms with E-state index < -0.39 is 0 Å². The van der Waals surface area contributed by atoms with E-state index in [1.807, 2.05) is 0 Å². The van der Waals surface area contributed by atoms with Crippen LogP contribution in [0.1, 0.15) is 65.2 Å². The van der Waals surface area contributed by atoms with Crippen LogP contribution in [0.3, 0.4) is 0 Å². The highest BCUT2D eigenvalue weighted by atomic mass is 16.5. The molecule has 1 saturated carbocycles. The summed E-state index contributed by atoms with van der Waals surface area (Å²) in [5.41, 5.74) is 0. The average Bonchev–Trinajstić information content (AvgIpc) is 2.49. The standard InChI is InChI=1S/C17H31NO/c1-13(2)18-15-10-14-8-6-4-3-5-7-9-16(14)17(18)12-19-11-15/h13-17H,3-12H2,1-2H3. The van der Waals surface area contributed by atoms with Crippen molar-refractivity contribution in [3.63, 3.8) is 0 Å². The third kappa shape index (κ3) is 2.85. The van der Waals surface area contributed by atoms with Gasteiger partial charge in [-0.05, 0) is 38.5 Å². The number of hydrogen-bond acceptors (Lipinski definition) is 2. The zero-order valence-corrected chi connectivity index (χ0v) is 12.8. The van der Waals surface area contributed by atoms with E-state index in [0.29, 0.717) is 12.1 Å².